The van der Waals surface area contributed by atoms with E-state index < -0.39 is 35.1 Å². The zero-order valence-corrected chi connectivity index (χ0v) is 11.5. The lowest BCUT2D eigenvalue weighted by atomic mass is 10.2. The predicted molar refractivity (Wildman–Crippen MR) is 62.6 cm³/mol. The number of aliphatic hydroxyl groups is 1. The van der Waals surface area contributed by atoms with Gasteiger partial charge in [-0.25, -0.2) is 0 Å². The maximum atomic E-state index is 12.1. The number of hydrogen-bond donors (Lipinski definition) is 2. The monoisotopic (exact) mass is 305 g/mol. The lowest BCUT2D eigenvalue weighted by molar-refractivity contribution is -0.121. The standard InChI is InChI=1S/C9H18F3N3O3S/c1-14(2)4-7-3-8(16)5-15(7)19(17,18)13-6-9(10,11)12/h7-8,13,16H,3-6H2,1-2H3. The second-order valence-corrected chi connectivity index (χ2v) is 6.52. The molecule has 0 aromatic heterocycles. The number of likely N-dealkylation sites (N-methyl/N-ethyl adjacent to an activating group) is 1. The topological polar surface area (TPSA) is 72.9 Å². The van der Waals surface area contributed by atoms with Crippen LogP contribution in [0, 0.1) is 0 Å². The molecule has 19 heavy (non-hydrogen) atoms. The van der Waals surface area contributed by atoms with E-state index in [2.05, 4.69) is 0 Å². The number of rotatable bonds is 5. The molecule has 0 aromatic rings. The first-order valence-electron chi connectivity index (χ1n) is 5.67. The van der Waals surface area contributed by atoms with E-state index in [-0.39, 0.29) is 13.0 Å². The number of halogens is 3. The van der Waals surface area contributed by atoms with Crippen LogP contribution in [0.2, 0.25) is 0 Å². The van der Waals surface area contributed by atoms with E-state index in [9.17, 15) is 26.7 Å². The Bertz CT molecular complexity index is 399. The molecule has 1 fully saturated rings. The van der Waals surface area contributed by atoms with Gasteiger partial charge in [0, 0.05) is 19.1 Å². The Labute approximate surface area is 110 Å². The maximum absolute atomic E-state index is 12.1. The zero-order valence-electron chi connectivity index (χ0n) is 10.7. The van der Waals surface area contributed by atoms with Gasteiger partial charge >= 0.3 is 6.18 Å². The molecule has 10 heteroatoms. The number of alkyl halides is 3. The van der Waals surface area contributed by atoms with Crippen molar-refractivity contribution in [3.8, 4) is 0 Å². The summed E-state index contributed by atoms with van der Waals surface area (Å²) in [4.78, 5) is 1.72. The molecule has 1 heterocycles. The van der Waals surface area contributed by atoms with Gasteiger partial charge < -0.3 is 10.0 Å². The quantitative estimate of drug-likeness (QED) is 0.710. The van der Waals surface area contributed by atoms with Gasteiger partial charge in [0.15, 0.2) is 0 Å². The molecule has 1 aliphatic rings. The molecule has 6 nitrogen and oxygen atoms in total. The largest absolute Gasteiger partial charge is 0.402 e. The van der Waals surface area contributed by atoms with Crippen molar-refractivity contribution in [3.63, 3.8) is 0 Å². The third kappa shape index (κ3) is 5.22. The smallest absolute Gasteiger partial charge is 0.392 e. The average molecular weight is 305 g/mol. The Kier molecular flexibility index (Phi) is 5.18. The van der Waals surface area contributed by atoms with E-state index in [1.165, 1.54) is 4.72 Å². The fraction of sp³-hybridized carbons (Fsp3) is 1.00. The van der Waals surface area contributed by atoms with Gasteiger partial charge in [0.2, 0.25) is 0 Å². The Hall–Kier alpha value is -0.420. The highest BCUT2D eigenvalue weighted by Gasteiger charge is 2.40. The van der Waals surface area contributed by atoms with Crippen LogP contribution in [0.3, 0.4) is 0 Å². The van der Waals surface area contributed by atoms with Crippen molar-refractivity contribution in [2.24, 2.45) is 0 Å². The van der Waals surface area contributed by atoms with Crippen LogP contribution in [0.15, 0.2) is 0 Å². The minimum atomic E-state index is -4.61. The Morgan fingerprint density at radius 3 is 2.47 bits per heavy atom. The predicted octanol–water partition coefficient (Wildman–Crippen LogP) is -0.620. The summed E-state index contributed by atoms with van der Waals surface area (Å²) < 4.78 is 62.2. The molecule has 0 amide bonds. The second-order valence-electron chi connectivity index (χ2n) is 4.82. The minimum absolute atomic E-state index is 0.189. The SMILES string of the molecule is CN(C)CC1CC(O)CN1S(=O)(=O)NCC(F)(F)F. The number of hydrogen-bond acceptors (Lipinski definition) is 4. The number of β-amino-alcohol motifs (C(OH)–C–C–N with tert-alkyl or cyclic N) is 1. The van der Waals surface area contributed by atoms with E-state index in [4.69, 9.17) is 0 Å². The van der Waals surface area contributed by atoms with Crippen molar-refractivity contribution < 1.29 is 26.7 Å². The molecule has 0 aliphatic carbocycles. The lowest BCUT2D eigenvalue weighted by Crippen LogP contribution is -2.48. The van der Waals surface area contributed by atoms with E-state index in [0.29, 0.717) is 6.54 Å². The molecule has 0 radical (unpaired) electrons. The summed E-state index contributed by atoms with van der Waals surface area (Å²) >= 11 is 0. The van der Waals surface area contributed by atoms with Crippen LogP contribution in [0.25, 0.3) is 0 Å². The first kappa shape index (κ1) is 16.6. The van der Waals surface area contributed by atoms with Gasteiger partial charge in [-0.05, 0) is 20.5 Å². The summed E-state index contributed by atoms with van der Waals surface area (Å²) in [5, 5.41) is 9.50. The van der Waals surface area contributed by atoms with Crippen molar-refractivity contribution in [3.05, 3.63) is 0 Å². The molecule has 1 rings (SSSR count). The van der Waals surface area contributed by atoms with Gasteiger partial charge in [-0.2, -0.15) is 30.6 Å². The van der Waals surface area contributed by atoms with Crippen LogP contribution in [0.5, 0.6) is 0 Å². The van der Waals surface area contributed by atoms with Crippen molar-refractivity contribution in [2.75, 3.05) is 33.7 Å². The van der Waals surface area contributed by atoms with Crippen molar-refractivity contribution in [1.82, 2.24) is 13.9 Å². The molecule has 1 aliphatic heterocycles. The van der Waals surface area contributed by atoms with Crippen LogP contribution in [0.4, 0.5) is 13.2 Å². The molecule has 0 spiro atoms. The van der Waals surface area contributed by atoms with Crippen molar-refractivity contribution >= 4 is 10.2 Å². The molecule has 114 valence electrons. The number of nitrogens with one attached hydrogen (secondary N) is 1. The summed E-state index contributed by atoms with van der Waals surface area (Å²) in [5.74, 6) is 0. The molecule has 1 saturated heterocycles. The van der Waals surface area contributed by atoms with E-state index in [1.54, 1.807) is 19.0 Å². The molecule has 2 N–H and O–H groups in total. The Morgan fingerprint density at radius 1 is 1.42 bits per heavy atom. The highest BCUT2D eigenvalue weighted by atomic mass is 32.2. The molecular formula is C9H18F3N3O3S. The molecule has 0 aromatic carbocycles. The highest BCUT2D eigenvalue weighted by molar-refractivity contribution is 7.87. The van der Waals surface area contributed by atoms with Gasteiger partial charge in [-0.1, -0.05) is 0 Å². The first-order valence-corrected chi connectivity index (χ1v) is 7.11. The fourth-order valence-electron chi connectivity index (χ4n) is 2.00. The summed E-state index contributed by atoms with van der Waals surface area (Å²) in [6.07, 6.45) is -5.25. The van der Waals surface area contributed by atoms with Gasteiger partial charge in [0.25, 0.3) is 10.2 Å². The molecule has 2 unspecified atom stereocenters. The molecule has 2 atom stereocenters. The van der Waals surface area contributed by atoms with Crippen LogP contribution in [-0.2, 0) is 10.2 Å². The normalized spacial score (nSPS) is 26.3. The minimum Gasteiger partial charge on any atom is -0.392 e. The van der Waals surface area contributed by atoms with Crippen molar-refractivity contribution in [1.29, 1.82) is 0 Å². The van der Waals surface area contributed by atoms with Crippen LogP contribution in [0.1, 0.15) is 6.42 Å². The fourth-order valence-corrected chi connectivity index (χ4v) is 3.43. The summed E-state index contributed by atoms with van der Waals surface area (Å²) in [5.41, 5.74) is 0. The first-order chi connectivity index (χ1) is 8.51. The summed E-state index contributed by atoms with van der Waals surface area (Å²) in [7, 11) is -0.802. The average Bonchev–Trinajstić information content (AvgIpc) is 2.55. The summed E-state index contributed by atoms with van der Waals surface area (Å²) in [6.45, 7) is -1.47. The van der Waals surface area contributed by atoms with Gasteiger partial charge in [0.05, 0.1) is 6.10 Å². The Morgan fingerprint density at radius 2 is 2.00 bits per heavy atom. The number of aliphatic hydroxyl groups excluding tert-OH is 1. The number of nitrogens with zero attached hydrogens (tertiary/aromatic N) is 2. The zero-order chi connectivity index (χ0) is 14.8. The lowest BCUT2D eigenvalue weighted by Gasteiger charge is -2.26. The van der Waals surface area contributed by atoms with Crippen LogP contribution in [-0.4, -0.2) is 74.8 Å². The second kappa shape index (κ2) is 5.92. The molecular weight excluding hydrogens is 287 g/mol. The highest BCUT2D eigenvalue weighted by Crippen LogP contribution is 2.22. The van der Waals surface area contributed by atoms with E-state index >= 15 is 0 Å². The maximum Gasteiger partial charge on any atom is 0.402 e. The third-order valence-corrected chi connectivity index (χ3v) is 4.26. The molecule has 0 saturated carbocycles. The van der Waals surface area contributed by atoms with Gasteiger partial charge in [-0.15, -0.1) is 0 Å². The molecule has 0 bridgehead atoms. The summed E-state index contributed by atoms with van der Waals surface area (Å²) in [6, 6.07) is -0.532. The van der Waals surface area contributed by atoms with E-state index in [1.807, 2.05) is 0 Å². The van der Waals surface area contributed by atoms with Gasteiger partial charge in [0.1, 0.15) is 6.54 Å². The van der Waals surface area contributed by atoms with Gasteiger partial charge in [-0.3, -0.25) is 0 Å². The van der Waals surface area contributed by atoms with Crippen LogP contribution >= 0.6 is 0 Å². The van der Waals surface area contributed by atoms with Crippen molar-refractivity contribution in [2.45, 2.75) is 24.7 Å². The Balaban J connectivity index is 2.74. The van der Waals surface area contributed by atoms with Crippen LogP contribution < -0.4 is 4.72 Å². The third-order valence-electron chi connectivity index (χ3n) is 2.68. The van der Waals surface area contributed by atoms with E-state index in [0.717, 1.165) is 4.31 Å².